The fourth-order valence-electron chi connectivity index (χ4n) is 3.26. The Balaban J connectivity index is 0.000000344. The van der Waals surface area contributed by atoms with E-state index in [0.717, 1.165) is 38.4 Å². The molecule has 5 rings (SSSR count). The van der Waals surface area contributed by atoms with Crippen molar-refractivity contribution in [1.82, 2.24) is 20.4 Å². The molecule has 0 unspecified atom stereocenters. The number of nitrogens with zero attached hydrogens (tertiary/aromatic N) is 4. The van der Waals surface area contributed by atoms with Crippen LogP contribution in [0.5, 0.6) is 0 Å². The summed E-state index contributed by atoms with van der Waals surface area (Å²) in [6.45, 7) is 0. The Hall–Kier alpha value is -3.71. The number of rotatable bonds is 3. The predicted octanol–water partition coefficient (Wildman–Crippen LogP) is 4.63. The van der Waals surface area contributed by atoms with Crippen molar-refractivity contribution in [3.63, 3.8) is 0 Å². The van der Waals surface area contributed by atoms with Crippen molar-refractivity contribution in [2.24, 2.45) is 0 Å². The van der Waals surface area contributed by atoms with Crippen molar-refractivity contribution >= 4 is 62.2 Å². The van der Waals surface area contributed by atoms with Gasteiger partial charge in [-0.25, -0.2) is 4.79 Å². The van der Waals surface area contributed by atoms with Gasteiger partial charge in [0.15, 0.2) is 0 Å². The van der Waals surface area contributed by atoms with Crippen LogP contribution in [0.15, 0.2) is 36.5 Å². The lowest BCUT2D eigenvalue weighted by molar-refractivity contribution is -0.192. The van der Waals surface area contributed by atoms with E-state index < -0.39 is 12.1 Å². The standard InChI is InChI=1S/C18H13ClN6OS.C2HF3O2/c1-25-14-4-2-3-9(10(14)7-15(25)26)17-23-24-18(27-17)21-13-6-5-12-11(16(13)19)8-20-22-12;3-2(4,5)1(6)7/h2-6,8H,7H2,1H3,(H,20,22)(H,21,24);(H,6,7). The Labute approximate surface area is 198 Å². The Morgan fingerprint density at radius 3 is 2.71 bits per heavy atom. The second-order valence-electron chi connectivity index (χ2n) is 7.03. The average molecular weight is 511 g/mol. The molecule has 0 saturated heterocycles. The number of aromatic nitrogens is 4. The van der Waals surface area contributed by atoms with Crippen LogP contribution < -0.4 is 10.2 Å². The van der Waals surface area contributed by atoms with E-state index in [4.69, 9.17) is 21.5 Å². The van der Waals surface area contributed by atoms with Gasteiger partial charge in [-0.15, -0.1) is 10.2 Å². The third kappa shape index (κ3) is 4.52. The van der Waals surface area contributed by atoms with Crippen molar-refractivity contribution in [2.45, 2.75) is 12.6 Å². The van der Waals surface area contributed by atoms with E-state index in [0.29, 0.717) is 16.6 Å². The normalized spacial score (nSPS) is 13.0. The maximum atomic E-state index is 12.0. The number of carboxylic acids is 1. The molecule has 2 aromatic carbocycles. The zero-order chi connectivity index (χ0) is 24.6. The Kier molecular flexibility index (Phi) is 6.15. The fraction of sp³-hybridized carbons (Fsp3) is 0.150. The number of aromatic amines is 1. The number of carboxylic acid groups (broad SMARTS) is 1. The number of alkyl halides is 3. The summed E-state index contributed by atoms with van der Waals surface area (Å²) in [6.07, 6.45) is -3.01. The summed E-state index contributed by atoms with van der Waals surface area (Å²) in [5.41, 5.74) is 4.46. The highest BCUT2D eigenvalue weighted by atomic mass is 35.5. The number of H-pyrrole nitrogens is 1. The summed E-state index contributed by atoms with van der Waals surface area (Å²) in [5, 5.41) is 28.6. The van der Waals surface area contributed by atoms with Crippen LogP contribution in [-0.4, -0.2) is 50.6 Å². The van der Waals surface area contributed by atoms with Gasteiger partial charge in [-0.1, -0.05) is 35.1 Å². The molecule has 0 bridgehead atoms. The highest BCUT2D eigenvalue weighted by Crippen LogP contribution is 2.39. The van der Waals surface area contributed by atoms with Gasteiger partial charge in [0.1, 0.15) is 5.01 Å². The number of nitrogens with one attached hydrogen (secondary N) is 2. The molecule has 3 N–H and O–H groups in total. The van der Waals surface area contributed by atoms with E-state index in [1.165, 1.54) is 11.3 Å². The van der Waals surface area contributed by atoms with Crippen molar-refractivity contribution < 1.29 is 27.9 Å². The molecular formula is C20H14ClF3N6O3S. The lowest BCUT2D eigenvalue weighted by Gasteiger charge is -2.10. The van der Waals surface area contributed by atoms with Gasteiger partial charge in [0.05, 0.1) is 28.8 Å². The molecule has 1 aliphatic rings. The molecule has 0 aliphatic carbocycles. The van der Waals surface area contributed by atoms with Crippen LogP contribution in [0.25, 0.3) is 21.5 Å². The average Bonchev–Trinajstić information content (AvgIpc) is 3.50. The van der Waals surface area contributed by atoms with Crippen LogP contribution in [0.2, 0.25) is 5.02 Å². The number of carbonyl (C=O) groups excluding carboxylic acids is 1. The molecule has 1 aliphatic heterocycles. The van der Waals surface area contributed by atoms with E-state index in [-0.39, 0.29) is 5.91 Å². The van der Waals surface area contributed by atoms with Crippen LogP contribution in [0.4, 0.5) is 29.7 Å². The van der Waals surface area contributed by atoms with Crippen molar-refractivity contribution in [3.8, 4) is 10.6 Å². The van der Waals surface area contributed by atoms with Gasteiger partial charge in [0.2, 0.25) is 11.0 Å². The molecule has 176 valence electrons. The molecule has 0 radical (unpaired) electrons. The number of carbonyl (C=O) groups is 2. The number of amides is 1. The summed E-state index contributed by atoms with van der Waals surface area (Å²) in [5.74, 6) is -2.67. The number of anilines is 3. The molecule has 0 atom stereocenters. The molecule has 0 fully saturated rings. The highest BCUT2D eigenvalue weighted by Gasteiger charge is 2.38. The Morgan fingerprint density at radius 2 is 2.00 bits per heavy atom. The molecule has 2 aromatic heterocycles. The number of halogens is 4. The molecule has 14 heteroatoms. The fourth-order valence-corrected chi connectivity index (χ4v) is 4.33. The number of likely N-dealkylation sites (N-methyl/N-ethyl adjacent to an activating group) is 1. The number of hydrogen-bond acceptors (Lipinski definition) is 7. The first-order valence-electron chi connectivity index (χ1n) is 9.47. The van der Waals surface area contributed by atoms with Crippen molar-refractivity contribution in [2.75, 3.05) is 17.3 Å². The lowest BCUT2D eigenvalue weighted by atomic mass is 10.1. The summed E-state index contributed by atoms with van der Waals surface area (Å²) < 4.78 is 31.7. The summed E-state index contributed by atoms with van der Waals surface area (Å²) in [4.78, 5) is 22.6. The molecule has 4 aromatic rings. The van der Waals surface area contributed by atoms with Crippen LogP contribution in [0.3, 0.4) is 0 Å². The zero-order valence-corrected chi connectivity index (χ0v) is 18.7. The molecule has 0 saturated carbocycles. The zero-order valence-electron chi connectivity index (χ0n) is 17.1. The van der Waals surface area contributed by atoms with E-state index in [1.54, 1.807) is 18.1 Å². The molecule has 3 heterocycles. The van der Waals surface area contributed by atoms with Crippen LogP contribution in [0, 0.1) is 0 Å². The van der Waals surface area contributed by atoms with E-state index in [1.807, 2.05) is 30.3 Å². The van der Waals surface area contributed by atoms with E-state index in [9.17, 15) is 18.0 Å². The largest absolute Gasteiger partial charge is 0.490 e. The van der Waals surface area contributed by atoms with Gasteiger partial charge in [0, 0.05) is 23.7 Å². The first kappa shape index (κ1) is 23.4. The third-order valence-corrected chi connectivity index (χ3v) is 6.19. The second-order valence-corrected chi connectivity index (χ2v) is 8.39. The van der Waals surface area contributed by atoms with Gasteiger partial charge in [-0.3, -0.25) is 9.89 Å². The quantitative estimate of drug-likeness (QED) is 0.367. The smallest absolute Gasteiger partial charge is 0.475 e. The first-order chi connectivity index (χ1) is 16.1. The maximum absolute atomic E-state index is 12.0. The van der Waals surface area contributed by atoms with Gasteiger partial charge in [-0.05, 0) is 23.8 Å². The molecule has 1 amide bonds. The number of fused-ring (bicyclic) bond motifs is 2. The number of aliphatic carboxylic acids is 1. The van der Waals surface area contributed by atoms with Crippen LogP contribution in [0.1, 0.15) is 5.56 Å². The molecule has 34 heavy (non-hydrogen) atoms. The van der Waals surface area contributed by atoms with E-state index >= 15 is 0 Å². The topological polar surface area (TPSA) is 124 Å². The molecule has 9 nitrogen and oxygen atoms in total. The van der Waals surface area contributed by atoms with Crippen molar-refractivity contribution in [1.29, 1.82) is 0 Å². The predicted molar refractivity (Wildman–Crippen MR) is 121 cm³/mol. The minimum atomic E-state index is -5.08. The SMILES string of the molecule is CN1C(=O)Cc2c(-c3nnc(Nc4ccc5[nH]ncc5c4Cl)s3)cccc21.O=C(O)C(F)(F)F. The number of benzene rings is 2. The molecule has 0 spiro atoms. The van der Waals surface area contributed by atoms with Gasteiger partial charge in [0.25, 0.3) is 0 Å². The van der Waals surface area contributed by atoms with Crippen LogP contribution >= 0.6 is 22.9 Å². The van der Waals surface area contributed by atoms with Crippen molar-refractivity contribution in [3.05, 3.63) is 47.1 Å². The van der Waals surface area contributed by atoms with Crippen LogP contribution in [-0.2, 0) is 16.0 Å². The summed E-state index contributed by atoms with van der Waals surface area (Å²) in [6, 6.07) is 9.63. The lowest BCUT2D eigenvalue weighted by Crippen LogP contribution is -2.21. The van der Waals surface area contributed by atoms with E-state index in [2.05, 4.69) is 25.7 Å². The Bertz CT molecular complexity index is 1400. The minimum absolute atomic E-state index is 0.0838. The first-order valence-corrected chi connectivity index (χ1v) is 10.7. The highest BCUT2D eigenvalue weighted by molar-refractivity contribution is 7.18. The van der Waals surface area contributed by atoms with Gasteiger partial charge in [-0.2, -0.15) is 18.3 Å². The third-order valence-electron chi connectivity index (χ3n) is 4.91. The monoisotopic (exact) mass is 510 g/mol. The van der Waals surface area contributed by atoms with Gasteiger partial charge < -0.3 is 15.3 Å². The van der Waals surface area contributed by atoms with Gasteiger partial charge >= 0.3 is 12.1 Å². The Morgan fingerprint density at radius 1 is 1.26 bits per heavy atom. The molecular weight excluding hydrogens is 497 g/mol. The maximum Gasteiger partial charge on any atom is 0.490 e. The second kappa shape index (κ2) is 8.91. The summed E-state index contributed by atoms with van der Waals surface area (Å²) >= 11 is 7.88. The minimum Gasteiger partial charge on any atom is -0.475 e. The summed E-state index contributed by atoms with van der Waals surface area (Å²) in [7, 11) is 1.79. The number of hydrogen-bond donors (Lipinski definition) is 3.